The second-order valence-electron chi connectivity index (χ2n) is 4.11. The smallest absolute Gasteiger partial charge is 0.213 e. The lowest BCUT2D eigenvalue weighted by molar-refractivity contribution is 1.03. The molecular weight excluding hydrogens is 284 g/mol. The van der Waals surface area contributed by atoms with Crippen LogP contribution in [0, 0.1) is 4.77 Å². The van der Waals surface area contributed by atoms with Crippen LogP contribution in [0.5, 0.6) is 0 Å². The summed E-state index contributed by atoms with van der Waals surface area (Å²) >= 11 is 8.59. The van der Waals surface area contributed by atoms with Crippen LogP contribution in [-0.2, 0) is 12.2 Å². The number of H-pyrrole nitrogens is 2. The van der Waals surface area contributed by atoms with Crippen LogP contribution in [0.3, 0.4) is 0 Å². The van der Waals surface area contributed by atoms with Gasteiger partial charge >= 0.3 is 0 Å². The Labute approximate surface area is 120 Å². The molecule has 0 amide bonds. The quantitative estimate of drug-likeness (QED) is 0.825. The van der Waals surface area contributed by atoms with Crippen molar-refractivity contribution in [1.29, 1.82) is 0 Å². The van der Waals surface area contributed by atoms with Gasteiger partial charge in [-0.1, -0.05) is 20.8 Å². The SMILES string of the molecule is CCc1nc(CSC(C)C)sc1-c1nc(=S)[nH][nH]1. The second-order valence-corrected chi connectivity index (χ2v) is 7.15. The number of aromatic nitrogens is 4. The molecule has 0 aromatic carbocycles. The van der Waals surface area contributed by atoms with Gasteiger partial charge in [0.2, 0.25) is 4.77 Å². The van der Waals surface area contributed by atoms with Crippen LogP contribution in [-0.4, -0.2) is 25.4 Å². The minimum absolute atomic E-state index is 0.485. The van der Waals surface area contributed by atoms with Crippen LogP contribution in [0.25, 0.3) is 10.7 Å². The highest BCUT2D eigenvalue weighted by atomic mass is 32.2. The molecule has 2 N–H and O–H groups in total. The zero-order valence-electron chi connectivity index (χ0n) is 10.6. The molecule has 2 aromatic rings. The van der Waals surface area contributed by atoms with E-state index in [9.17, 15) is 0 Å². The third-order valence-electron chi connectivity index (χ3n) is 2.33. The lowest BCUT2D eigenvalue weighted by Crippen LogP contribution is -1.89. The topological polar surface area (TPSA) is 57.4 Å². The lowest BCUT2D eigenvalue weighted by atomic mass is 10.3. The van der Waals surface area contributed by atoms with Gasteiger partial charge < -0.3 is 0 Å². The fourth-order valence-electron chi connectivity index (χ4n) is 1.50. The Morgan fingerprint density at radius 2 is 2.11 bits per heavy atom. The highest BCUT2D eigenvalue weighted by Gasteiger charge is 2.14. The summed E-state index contributed by atoms with van der Waals surface area (Å²) in [5.74, 6) is 1.76. The molecule has 0 saturated carbocycles. The Bertz CT molecular complexity index is 567. The van der Waals surface area contributed by atoms with Crippen molar-refractivity contribution in [2.75, 3.05) is 0 Å². The fraction of sp³-hybridized carbons (Fsp3) is 0.545. The van der Waals surface area contributed by atoms with E-state index in [1.165, 1.54) is 0 Å². The molecule has 2 rings (SSSR count). The van der Waals surface area contributed by atoms with E-state index in [2.05, 4.69) is 40.9 Å². The van der Waals surface area contributed by atoms with E-state index >= 15 is 0 Å². The molecule has 4 nitrogen and oxygen atoms in total. The van der Waals surface area contributed by atoms with Crippen molar-refractivity contribution in [1.82, 2.24) is 20.2 Å². The first kappa shape index (κ1) is 13.8. The van der Waals surface area contributed by atoms with Gasteiger partial charge in [0.05, 0.1) is 10.6 Å². The third kappa shape index (κ3) is 3.21. The minimum Gasteiger partial charge on any atom is -0.281 e. The van der Waals surface area contributed by atoms with Crippen LogP contribution in [0.4, 0.5) is 0 Å². The standard InChI is InChI=1S/C11H16N4S3/c1-4-7-9(10-13-11(16)15-14-10)18-8(12-7)5-17-6(2)3/h6H,4-5H2,1-3H3,(H2,13,14,15,16). The van der Waals surface area contributed by atoms with Gasteiger partial charge in [0.1, 0.15) is 5.01 Å². The van der Waals surface area contributed by atoms with Gasteiger partial charge in [-0.15, -0.1) is 11.3 Å². The van der Waals surface area contributed by atoms with Crippen molar-refractivity contribution in [2.24, 2.45) is 0 Å². The molecule has 7 heteroatoms. The van der Waals surface area contributed by atoms with E-state index in [0.29, 0.717) is 10.0 Å². The van der Waals surface area contributed by atoms with Gasteiger partial charge in [-0.05, 0) is 23.9 Å². The maximum absolute atomic E-state index is 4.99. The molecule has 2 aromatic heterocycles. The summed E-state index contributed by atoms with van der Waals surface area (Å²) in [6.07, 6.45) is 0.908. The molecule has 0 fully saturated rings. The molecular formula is C11H16N4S3. The van der Waals surface area contributed by atoms with E-state index in [0.717, 1.165) is 33.6 Å². The van der Waals surface area contributed by atoms with Crippen LogP contribution in [0.2, 0.25) is 0 Å². The van der Waals surface area contributed by atoms with Crippen molar-refractivity contribution in [3.63, 3.8) is 0 Å². The number of nitrogens with zero attached hydrogens (tertiary/aromatic N) is 2. The maximum Gasteiger partial charge on any atom is 0.213 e. The highest BCUT2D eigenvalue weighted by molar-refractivity contribution is 7.99. The first-order valence-electron chi connectivity index (χ1n) is 5.85. The molecule has 0 unspecified atom stereocenters. The summed E-state index contributed by atoms with van der Waals surface area (Å²) in [6.45, 7) is 6.51. The van der Waals surface area contributed by atoms with Crippen molar-refractivity contribution in [3.05, 3.63) is 15.5 Å². The molecule has 0 aliphatic heterocycles. The van der Waals surface area contributed by atoms with Crippen molar-refractivity contribution in [2.45, 2.75) is 38.2 Å². The van der Waals surface area contributed by atoms with Crippen LogP contribution in [0.1, 0.15) is 31.5 Å². The average molecular weight is 300 g/mol. The number of nitrogens with one attached hydrogen (secondary N) is 2. The Kier molecular flexibility index (Phi) is 4.58. The van der Waals surface area contributed by atoms with Gasteiger partial charge in [0, 0.05) is 5.75 Å². The highest BCUT2D eigenvalue weighted by Crippen LogP contribution is 2.30. The molecule has 0 bridgehead atoms. The molecule has 0 atom stereocenters. The minimum atomic E-state index is 0.485. The number of hydrogen-bond acceptors (Lipinski definition) is 5. The molecule has 0 saturated heterocycles. The number of hydrogen-bond donors (Lipinski definition) is 2. The first-order chi connectivity index (χ1) is 8.60. The Morgan fingerprint density at radius 3 is 2.67 bits per heavy atom. The predicted octanol–water partition coefficient (Wildman–Crippen LogP) is 3.79. The van der Waals surface area contributed by atoms with E-state index < -0.39 is 0 Å². The van der Waals surface area contributed by atoms with Gasteiger partial charge in [0.15, 0.2) is 5.82 Å². The number of rotatable bonds is 5. The monoisotopic (exact) mass is 300 g/mol. The fourth-order valence-corrected chi connectivity index (χ4v) is 3.52. The Morgan fingerprint density at radius 1 is 1.33 bits per heavy atom. The largest absolute Gasteiger partial charge is 0.281 e. The van der Waals surface area contributed by atoms with Gasteiger partial charge in [-0.25, -0.2) is 4.98 Å². The average Bonchev–Trinajstić information content (AvgIpc) is 2.92. The zero-order valence-corrected chi connectivity index (χ0v) is 13.1. The molecule has 98 valence electrons. The molecule has 0 spiro atoms. The number of aryl methyl sites for hydroxylation is 1. The lowest BCUT2D eigenvalue weighted by Gasteiger charge is -2.00. The zero-order chi connectivity index (χ0) is 13.1. The van der Waals surface area contributed by atoms with Gasteiger partial charge in [-0.3, -0.25) is 10.2 Å². The molecule has 0 aliphatic rings. The molecule has 18 heavy (non-hydrogen) atoms. The van der Waals surface area contributed by atoms with Crippen LogP contribution >= 0.6 is 35.3 Å². The maximum atomic E-state index is 4.99. The number of thiazole rings is 1. The second kappa shape index (κ2) is 5.99. The number of thioether (sulfide) groups is 1. The summed E-state index contributed by atoms with van der Waals surface area (Å²) < 4.78 is 0.485. The molecule has 0 radical (unpaired) electrons. The first-order valence-corrected chi connectivity index (χ1v) is 8.12. The van der Waals surface area contributed by atoms with E-state index in [1.54, 1.807) is 11.3 Å². The normalized spacial score (nSPS) is 11.3. The van der Waals surface area contributed by atoms with Crippen molar-refractivity contribution in [3.8, 4) is 10.7 Å². The Hall–Kier alpha value is -0.660. The summed E-state index contributed by atoms with van der Waals surface area (Å²) in [5, 5.41) is 7.61. The summed E-state index contributed by atoms with van der Waals surface area (Å²) in [4.78, 5) is 10.0. The van der Waals surface area contributed by atoms with E-state index in [1.807, 2.05) is 11.8 Å². The summed E-state index contributed by atoms with van der Waals surface area (Å²) in [7, 11) is 0. The van der Waals surface area contributed by atoms with Crippen molar-refractivity contribution < 1.29 is 0 Å². The van der Waals surface area contributed by atoms with Crippen LogP contribution in [0.15, 0.2) is 0 Å². The third-order valence-corrected chi connectivity index (χ3v) is 4.92. The van der Waals surface area contributed by atoms with Crippen LogP contribution < -0.4 is 0 Å². The predicted molar refractivity (Wildman–Crippen MR) is 80.7 cm³/mol. The summed E-state index contributed by atoms with van der Waals surface area (Å²) in [5.41, 5.74) is 1.09. The molecule has 0 aliphatic carbocycles. The molecule has 2 heterocycles. The Balaban J connectivity index is 2.27. The van der Waals surface area contributed by atoms with Crippen molar-refractivity contribution >= 4 is 35.3 Å². The van der Waals surface area contributed by atoms with E-state index in [-0.39, 0.29) is 0 Å². The number of aromatic amines is 2. The van der Waals surface area contributed by atoms with Gasteiger partial charge in [0.25, 0.3) is 0 Å². The summed E-state index contributed by atoms with van der Waals surface area (Å²) in [6, 6.07) is 0. The van der Waals surface area contributed by atoms with Gasteiger partial charge in [-0.2, -0.15) is 16.7 Å². The van der Waals surface area contributed by atoms with E-state index in [4.69, 9.17) is 12.2 Å².